The van der Waals surface area contributed by atoms with Crippen LogP contribution in [0.25, 0.3) is 0 Å². The first kappa shape index (κ1) is 19.5. The Kier molecular flexibility index (Phi) is 6.23. The maximum atomic E-state index is 13.9. The van der Waals surface area contributed by atoms with Gasteiger partial charge in [0.2, 0.25) is 0 Å². The van der Waals surface area contributed by atoms with Crippen LogP contribution in [0.4, 0.5) is 13.2 Å². The highest BCUT2D eigenvalue weighted by atomic mass is 35.5. The third kappa shape index (κ3) is 4.93. The lowest BCUT2D eigenvalue weighted by molar-refractivity contribution is -0.0499. The molecule has 0 aliphatic carbocycles. The molecular formula is C19H18ClF3N2O2. The largest absolute Gasteiger partial charge is 0.435 e. The summed E-state index contributed by atoms with van der Waals surface area (Å²) in [6.07, 6.45) is 0. The fraction of sp³-hybridized carbons (Fsp3) is 0.316. The quantitative estimate of drug-likeness (QED) is 0.762. The van der Waals surface area contributed by atoms with Gasteiger partial charge in [-0.15, -0.1) is 0 Å². The van der Waals surface area contributed by atoms with Gasteiger partial charge in [0.15, 0.2) is 0 Å². The summed E-state index contributed by atoms with van der Waals surface area (Å²) in [7, 11) is 0. The van der Waals surface area contributed by atoms with Crippen molar-refractivity contribution in [1.29, 1.82) is 0 Å². The highest BCUT2D eigenvalue weighted by molar-refractivity contribution is 6.31. The summed E-state index contributed by atoms with van der Waals surface area (Å²) in [6, 6.07) is 10.3. The van der Waals surface area contributed by atoms with E-state index >= 15 is 0 Å². The van der Waals surface area contributed by atoms with Crippen LogP contribution < -0.4 is 4.74 Å². The van der Waals surface area contributed by atoms with Gasteiger partial charge in [-0.1, -0.05) is 23.7 Å². The molecular weight excluding hydrogens is 381 g/mol. The number of nitrogens with zero attached hydrogens (tertiary/aromatic N) is 2. The van der Waals surface area contributed by atoms with Crippen molar-refractivity contribution in [2.24, 2.45) is 0 Å². The van der Waals surface area contributed by atoms with Crippen LogP contribution in [0.5, 0.6) is 5.75 Å². The Hall–Kier alpha value is -2.25. The molecule has 0 saturated carbocycles. The van der Waals surface area contributed by atoms with Crippen molar-refractivity contribution in [3.8, 4) is 5.75 Å². The van der Waals surface area contributed by atoms with E-state index in [0.29, 0.717) is 48.9 Å². The van der Waals surface area contributed by atoms with Gasteiger partial charge in [0.25, 0.3) is 5.91 Å². The Bertz CT molecular complexity index is 791. The molecule has 144 valence electrons. The van der Waals surface area contributed by atoms with Crippen LogP contribution >= 0.6 is 11.6 Å². The van der Waals surface area contributed by atoms with Gasteiger partial charge >= 0.3 is 6.61 Å². The van der Waals surface area contributed by atoms with E-state index in [9.17, 15) is 18.0 Å². The highest BCUT2D eigenvalue weighted by Crippen LogP contribution is 2.22. The molecule has 1 fully saturated rings. The first-order valence-electron chi connectivity index (χ1n) is 8.43. The van der Waals surface area contributed by atoms with Crippen molar-refractivity contribution in [2.45, 2.75) is 13.2 Å². The Labute approximate surface area is 160 Å². The molecule has 4 nitrogen and oxygen atoms in total. The first-order chi connectivity index (χ1) is 12.9. The zero-order valence-corrected chi connectivity index (χ0v) is 15.1. The van der Waals surface area contributed by atoms with Crippen LogP contribution in [0.15, 0.2) is 42.5 Å². The lowest BCUT2D eigenvalue weighted by Crippen LogP contribution is -2.48. The van der Waals surface area contributed by atoms with Gasteiger partial charge in [-0.25, -0.2) is 4.39 Å². The lowest BCUT2D eigenvalue weighted by atomic mass is 10.1. The Morgan fingerprint density at radius 2 is 1.81 bits per heavy atom. The standard InChI is InChI=1S/C19H18ClF3N2O2/c20-16-5-2-6-17(21)15(16)12-24-7-9-25(10-8-24)18(26)13-3-1-4-14(11-13)27-19(22)23/h1-6,11,19H,7-10,12H2. The maximum Gasteiger partial charge on any atom is 0.387 e. The van der Waals surface area contributed by atoms with E-state index in [-0.39, 0.29) is 17.5 Å². The zero-order chi connectivity index (χ0) is 19.4. The second kappa shape index (κ2) is 8.63. The van der Waals surface area contributed by atoms with E-state index in [4.69, 9.17) is 11.6 Å². The smallest absolute Gasteiger partial charge is 0.387 e. The average Bonchev–Trinajstić information content (AvgIpc) is 2.64. The van der Waals surface area contributed by atoms with E-state index in [1.807, 2.05) is 4.90 Å². The number of piperazine rings is 1. The van der Waals surface area contributed by atoms with Gasteiger partial charge in [0.05, 0.1) is 0 Å². The molecule has 1 amide bonds. The molecule has 1 aliphatic heterocycles. The number of halogens is 4. The molecule has 0 aromatic heterocycles. The third-order valence-corrected chi connectivity index (χ3v) is 4.76. The molecule has 0 unspecified atom stereocenters. The molecule has 2 aromatic carbocycles. The SMILES string of the molecule is O=C(c1cccc(OC(F)F)c1)N1CCN(Cc2c(F)cccc2Cl)CC1. The molecule has 0 N–H and O–H groups in total. The third-order valence-electron chi connectivity index (χ3n) is 4.41. The number of rotatable bonds is 5. The number of alkyl halides is 2. The second-order valence-electron chi connectivity index (χ2n) is 6.17. The maximum absolute atomic E-state index is 13.9. The summed E-state index contributed by atoms with van der Waals surface area (Å²) in [5.41, 5.74) is 0.731. The molecule has 1 saturated heterocycles. The van der Waals surface area contributed by atoms with Gasteiger partial charge < -0.3 is 9.64 Å². The fourth-order valence-corrected chi connectivity index (χ4v) is 3.23. The van der Waals surface area contributed by atoms with Crippen molar-refractivity contribution in [1.82, 2.24) is 9.80 Å². The van der Waals surface area contributed by atoms with Crippen LogP contribution in [-0.2, 0) is 6.54 Å². The van der Waals surface area contributed by atoms with Crippen molar-refractivity contribution in [2.75, 3.05) is 26.2 Å². The van der Waals surface area contributed by atoms with Crippen LogP contribution in [0.1, 0.15) is 15.9 Å². The van der Waals surface area contributed by atoms with Crippen LogP contribution in [-0.4, -0.2) is 48.5 Å². The molecule has 0 spiro atoms. The van der Waals surface area contributed by atoms with Gasteiger partial charge in [-0.05, 0) is 30.3 Å². The molecule has 0 radical (unpaired) electrons. The Balaban J connectivity index is 1.60. The number of carbonyl (C=O) groups excluding carboxylic acids is 1. The summed E-state index contributed by atoms with van der Waals surface area (Å²) in [5.74, 6) is -0.654. The van der Waals surface area contributed by atoms with Crippen LogP contribution in [0.2, 0.25) is 5.02 Å². The fourth-order valence-electron chi connectivity index (χ4n) is 3.00. The minimum atomic E-state index is -2.94. The van der Waals surface area contributed by atoms with E-state index in [0.717, 1.165) is 0 Å². The van der Waals surface area contributed by atoms with Crippen molar-refractivity contribution in [3.05, 3.63) is 64.4 Å². The predicted octanol–water partition coefficient (Wildman–Crippen LogP) is 4.04. The van der Waals surface area contributed by atoms with Gasteiger partial charge in [-0.3, -0.25) is 9.69 Å². The molecule has 27 heavy (non-hydrogen) atoms. The first-order valence-corrected chi connectivity index (χ1v) is 8.81. The van der Waals surface area contributed by atoms with Gasteiger partial charge in [0.1, 0.15) is 11.6 Å². The van der Waals surface area contributed by atoms with Crippen molar-refractivity contribution in [3.63, 3.8) is 0 Å². The van der Waals surface area contributed by atoms with E-state index in [2.05, 4.69) is 4.74 Å². The number of amides is 1. The molecule has 0 bridgehead atoms. The Morgan fingerprint density at radius 1 is 1.11 bits per heavy atom. The Morgan fingerprint density at radius 3 is 2.48 bits per heavy atom. The van der Waals surface area contributed by atoms with Gasteiger partial charge in [0, 0.05) is 48.9 Å². The zero-order valence-electron chi connectivity index (χ0n) is 14.4. The normalized spacial score (nSPS) is 15.2. The molecule has 0 atom stereocenters. The topological polar surface area (TPSA) is 32.8 Å². The van der Waals surface area contributed by atoms with Gasteiger partial charge in [-0.2, -0.15) is 8.78 Å². The number of benzene rings is 2. The van der Waals surface area contributed by atoms with Crippen molar-refractivity contribution >= 4 is 17.5 Å². The summed E-state index contributed by atoms with van der Waals surface area (Å²) < 4.78 is 42.9. The summed E-state index contributed by atoms with van der Waals surface area (Å²) >= 11 is 6.06. The van der Waals surface area contributed by atoms with Crippen LogP contribution in [0, 0.1) is 5.82 Å². The number of hydrogen-bond donors (Lipinski definition) is 0. The lowest BCUT2D eigenvalue weighted by Gasteiger charge is -2.35. The summed E-state index contributed by atoms with van der Waals surface area (Å²) in [4.78, 5) is 16.3. The van der Waals surface area contributed by atoms with E-state index in [1.54, 1.807) is 23.1 Å². The molecule has 2 aromatic rings. The second-order valence-corrected chi connectivity index (χ2v) is 6.58. The molecule has 8 heteroatoms. The number of ether oxygens (including phenoxy) is 1. The number of carbonyl (C=O) groups is 1. The predicted molar refractivity (Wildman–Crippen MR) is 95.7 cm³/mol. The summed E-state index contributed by atoms with van der Waals surface area (Å²) in [5, 5.41) is 0.379. The minimum absolute atomic E-state index is 0.0521. The highest BCUT2D eigenvalue weighted by Gasteiger charge is 2.23. The average molecular weight is 399 g/mol. The molecule has 1 aliphatic rings. The minimum Gasteiger partial charge on any atom is -0.435 e. The molecule has 1 heterocycles. The molecule has 3 rings (SSSR count). The van der Waals surface area contributed by atoms with Crippen LogP contribution in [0.3, 0.4) is 0 Å². The van der Waals surface area contributed by atoms with E-state index in [1.165, 1.54) is 24.3 Å². The monoisotopic (exact) mass is 398 g/mol. The summed E-state index contributed by atoms with van der Waals surface area (Å²) in [6.45, 7) is -0.558. The van der Waals surface area contributed by atoms with E-state index < -0.39 is 6.61 Å². The van der Waals surface area contributed by atoms with Crippen molar-refractivity contribution < 1.29 is 22.7 Å². The number of hydrogen-bond acceptors (Lipinski definition) is 3.